The largest absolute Gasteiger partial charge is 0.399 e. The summed E-state index contributed by atoms with van der Waals surface area (Å²) in [5, 5.41) is 1.10. The molecular formula is C14H19N3. The molecule has 2 N–H and O–H groups in total. The molecule has 0 spiro atoms. The summed E-state index contributed by atoms with van der Waals surface area (Å²) in [5.41, 5.74) is 7.55. The van der Waals surface area contributed by atoms with Gasteiger partial charge in [0, 0.05) is 24.2 Å². The first-order valence-electron chi connectivity index (χ1n) is 6.15. The Balaban J connectivity index is 2.40. The molecule has 2 rings (SSSR count). The third-order valence-corrected chi connectivity index (χ3v) is 2.90. The van der Waals surface area contributed by atoms with Crippen LogP contribution in [-0.4, -0.2) is 18.1 Å². The van der Waals surface area contributed by atoms with Crippen LogP contribution in [0.25, 0.3) is 10.9 Å². The number of hydrogen-bond donors (Lipinski definition) is 1. The molecule has 3 nitrogen and oxygen atoms in total. The third kappa shape index (κ3) is 2.49. The van der Waals surface area contributed by atoms with E-state index in [1.165, 1.54) is 0 Å². The van der Waals surface area contributed by atoms with Crippen molar-refractivity contribution in [2.24, 2.45) is 0 Å². The van der Waals surface area contributed by atoms with E-state index in [-0.39, 0.29) is 0 Å². The second-order valence-electron chi connectivity index (χ2n) is 4.20. The van der Waals surface area contributed by atoms with Gasteiger partial charge in [0.25, 0.3) is 0 Å². The Labute approximate surface area is 102 Å². The van der Waals surface area contributed by atoms with E-state index in [2.05, 4.69) is 35.9 Å². The van der Waals surface area contributed by atoms with E-state index in [4.69, 9.17) is 5.73 Å². The molecule has 0 saturated heterocycles. The fourth-order valence-corrected chi connectivity index (χ4v) is 2.01. The fraction of sp³-hybridized carbons (Fsp3) is 0.357. The molecule has 1 heterocycles. The lowest BCUT2D eigenvalue weighted by Gasteiger charge is -2.21. The zero-order valence-electron chi connectivity index (χ0n) is 10.5. The van der Waals surface area contributed by atoms with E-state index < -0.39 is 0 Å². The summed E-state index contributed by atoms with van der Waals surface area (Å²) in [7, 11) is 0. The monoisotopic (exact) mass is 229 g/mol. The minimum Gasteiger partial charge on any atom is -0.399 e. The van der Waals surface area contributed by atoms with Gasteiger partial charge in [0.15, 0.2) is 0 Å². The minimum atomic E-state index is 0.785. The van der Waals surface area contributed by atoms with Crippen LogP contribution in [0.3, 0.4) is 0 Å². The van der Waals surface area contributed by atoms with Crippen molar-refractivity contribution in [3.05, 3.63) is 30.3 Å². The second kappa shape index (κ2) is 5.04. The molecule has 0 aliphatic heterocycles. The summed E-state index contributed by atoms with van der Waals surface area (Å²) in [6.45, 7) is 6.38. The summed E-state index contributed by atoms with van der Waals surface area (Å²) < 4.78 is 0. The molecule has 0 bridgehead atoms. The molecule has 1 aromatic carbocycles. The number of fused-ring (bicyclic) bond motifs is 1. The number of anilines is 2. The van der Waals surface area contributed by atoms with Gasteiger partial charge >= 0.3 is 0 Å². The molecule has 0 aliphatic rings. The average molecular weight is 229 g/mol. The maximum Gasteiger partial charge on any atom is 0.129 e. The predicted octanol–water partition coefficient (Wildman–Crippen LogP) is 3.05. The van der Waals surface area contributed by atoms with Crippen LogP contribution in [0.1, 0.15) is 20.3 Å². The number of nitrogens with two attached hydrogens (primary N) is 1. The average Bonchev–Trinajstić information content (AvgIpc) is 2.35. The summed E-state index contributed by atoms with van der Waals surface area (Å²) in [6, 6.07) is 10.00. The topological polar surface area (TPSA) is 42.1 Å². The molecule has 0 atom stereocenters. The van der Waals surface area contributed by atoms with Gasteiger partial charge in [0.05, 0.1) is 5.52 Å². The Kier molecular flexibility index (Phi) is 3.47. The normalized spacial score (nSPS) is 10.7. The van der Waals surface area contributed by atoms with Gasteiger partial charge < -0.3 is 10.6 Å². The van der Waals surface area contributed by atoms with Crippen LogP contribution < -0.4 is 10.6 Å². The molecule has 3 heteroatoms. The maximum absolute atomic E-state index is 5.76. The number of nitrogen functional groups attached to an aromatic ring is 1. The van der Waals surface area contributed by atoms with Gasteiger partial charge in [-0.2, -0.15) is 0 Å². The van der Waals surface area contributed by atoms with E-state index in [0.29, 0.717) is 0 Å². The smallest absolute Gasteiger partial charge is 0.129 e. The summed E-state index contributed by atoms with van der Waals surface area (Å²) >= 11 is 0. The molecule has 0 saturated carbocycles. The molecule has 0 amide bonds. The van der Waals surface area contributed by atoms with Crippen molar-refractivity contribution in [1.82, 2.24) is 4.98 Å². The third-order valence-electron chi connectivity index (χ3n) is 2.90. The molecule has 1 aromatic heterocycles. The quantitative estimate of drug-likeness (QED) is 0.819. The number of rotatable bonds is 4. The van der Waals surface area contributed by atoms with Gasteiger partial charge in [-0.05, 0) is 43.7 Å². The SMILES string of the molecule is CCCN(CC)c1ccc2cc(N)ccc2n1. The van der Waals surface area contributed by atoms with Crippen molar-refractivity contribution in [3.63, 3.8) is 0 Å². The van der Waals surface area contributed by atoms with Crippen molar-refractivity contribution in [3.8, 4) is 0 Å². The van der Waals surface area contributed by atoms with Gasteiger partial charge in [-0.3, -0.25) is 0 Å². The van der Waals surface area contributed by atoms with Crippen molar-refractivity contribution in [1.29, 1.82) is 0 Å². The van der Waals surface area contributed by atoms with Crippen molar-refractivity contribution in [2.75, 3.05) is 23.7 Å². The predicted molar refractivity (Wildman–Crippen MR) is 74.3 cm³/mol. The minimum absolute atomic E-state index is 0.785. The zero-order chi connectivity index (χ0) is 12.3. The van der Waals surface area contributed by atoms with E-state index in [1.54, 1.807) is 0 Å². The Morgan fingerprint density at radius 1 is 1.18 bits per heavy atom. The van der Waals surface area contributed by atoms with Gasteiger partial charge in [-0.1, -0.05) is 6.92 Å². The zero-order valence-corrected chi connectivity index (χ0v) is 10.5. The van der Waals surface area contributed by atoms with E-state index in [0.717, 1.165) is 41.9 Å². The number of benzene rings is 1. The lowest BCUT2D eigenvalue weighted by molar-refractivity contribution is 0.781. The maximum atomic E-state index is 5.76. The fourth-order valence-electron chi connectivity index (χ4n) is 2.01. The van der Waals surface area contributed by atoms with Crippen molar-refractivity contribution in [2.45, 2.75) is 20.3 Å². The highest BCUT2D eigenvalue weighted by Gasteiger charge is 2.05. The highest BCUT2D eigenvalue weighted by molar-refractivity contribution is 5.83. The van der Waals surface area contributed by atoms with Gasteiger partial charge in [0.1, 0.15) is 5.82 Å². The Morgan fingerprint density at radius 2 is 2.00 bits per heavy atom. The molecule has 90 valence electrons. The first-order valence-corrected chi connectivity index (χ1v) is 6.15. The van der Waals surface area contributed by atoms with Crippen LogP contribution in [0.4, 0.5) is 11.5 Å². The molecule has 2 aromatic rings. The Hall–Kier alpha value is -1.77. The van der Waals surface area contributed by atoms with Crippen LogP contribution in [0.5, 0.6) is 0 Å². The summed E-state index contributed by atoms with van der Waals surface area (Å²) in [5.74, 6) is 1.05. The second-order valence-corrected chi connectivity index (χ2v) is 4.20. The highest BCUT2D eigenvalue weighted by Crippen LogP contribution is 2.20. The molecule has 17 heavy (non-hydrogen) atoms. The summed E-state index contributed by atoms with van der Waals surface area (Å²) in [4.78, 5) is 6.96. The number of pyridine rings is 1. The molecular weight excluding hydrogens is 210 g/mol. The highest BCUT2D eigenvalue weighted by atomic mass is 15.2. The van der Waals surface area contributed by atoms with E-state index >= 15 is 0 Å². The van der Waals surface area contributed by atoms with Crippen LogP contribution in [0.15, 0.2) is 30.3 Å². The van der Waals surface area contributed by atoms with E-state index in [1.807, 2.05) is 18.2 Å². The van der Waals surface area contributed by atoms with Crippen LogP contribution in [0.2, 0.25) is 0 Å². The van der Waals surface area contributed by atoms with E-state index in [9.17, 15) is 0 Å². The standard InChI is InChI=1S/C14H19N3/c1-3-9-17(4-2)14-8-5-11-10-12(15)6-7-13(11)16-14/h5-8,10H,3-4,9,15H2,1-2H3. The van der Waals surface area contributed by atoms with Crippen LogP contribution in [-0.2, 0) is 0 Å². The first-order chi connectivity index (χ1) is 8.24. The molecule has 0 aliphatic carbocycles. The van der Waals surface area contributed by atoms with Crippen molar-refractivity contribution >= 4 is 22.4 Å². The molecule has 0 radical (unpaired) electrons. The number of hydrogen-bond acceptors (Lipinski definition) is 3. The van der Waals surface area contributed by atoms with Gasteiger partial charge in [-0.15, -0.1) is 0 Å². The summed E-state index contributed by atoms with van der Waals surface area (Å²) in [6.07, 6.45) is 1.13. The molecule has 0 unspecified atom stereocenters. The van der Waals surface area contributed by atoms with Gasteiger partial charge in [0.2, 0.25) is 0 Å². The lowest BCUT2D eigenvalue weighted by Crippen LogP contribution is -2.24. The first kappa shape index (κ1) is 11.7. The van der Waals surface area contributed by atoms with Crippen LogP contribution in [0, 0.1) is 0 Å². The number of nitrogens with zero attached hydrogens (tertiary/aromatic N) is 2. The lowest BCUT2D eigenvalue weighted by atomic mass is 10.2. The number of aromatic nitrogens is 1. The Morgan fingerprint density at radius 3 is 2.71 bits per heavy atom. The van der Waals surface area contributed by atoms with Crippen LogP contribution >= 0.6 is 0 Å². The Bertz CT molecular complexity index is 508. The van der Waals surface area contributed by atoms with Gasteiger partial charge in [-0.25, -0.2) is 4.98 Å². The van der Waals surface area contributed by atoms with Crippen molar-refractivity contribution < 1.29 is 0 Å². The molecule has 0 fully saturated rings.